The molecule has 0 spiro atoms. The van der Waals surface area contributed by atoms with E-state index in [9.17, 15) is 4.79 Å². The van der Waals surface area contributed by atoms with Gasteiger partial charge >= 0.3 is 6.01 Å². The van der Waals surface area contributed by atoms with Crippen molar-refractivity contribution in [1.82, 2.24) is 14.9 Å². The number of hydrogen-bond acceptors (Lipinski definition) is 5. The number of hydrogen-bond donors (Lipinski definition) is 0. The fraction of sp³-hybridized carbons (Fsp3) is 0.389. The van der Waals surface area contributed by atoms with E-state index in [1.54, 1.807) is 12.1 Å². The van der Waals surface area contributed by atoms with Crippen LogP contribution in [0.2, 0.25) is 5.02 Å². The van der Waals surface area contributed by atoms with Gasteiger partial charge in [-0.2, -0.15) is 0 Å². The highest BCUT2D eigenvalue weighted by Crippen LogP contribution is 2.19. The summed E-state index contributed by atoms with van der Waals surface area (Å²) in [7, 11) is 0. The summed E-state index contributed by atoms with van der Waals surface area (Å²) in [4.78, 5) is 22.5. The van der Waals surface area contributed by atoms with E-state index in [1.807, 2.05) is 24.0 Å². The van der Waals surface area contributed by atoms with Crippen LogP contribution in [0.4, 0.5) is 0 Å². The summed E-state index contributed by atoms with van der Waals surface area (Å²) in [6, 6.07) is 7.57. The normalized spacial score (nSPS) is 15.0. The number of aromatic nitrogens is 2. The van der Waals surface area contributed by atoms with Gasteiger partial charge in [-0.3, -0.25) is 4.79 Å². The number of ether oxygens (including phenoxy) is 2. The topological polar surface area (TPSA) is 64.5 Å². The average Bonchev–Trinajstić information content (AvgIpc) is 2.65. The molecule has 2 aromatic rings. The van der Waals surface area contributed by atoms with Crippen molar-refractivity contribution in [3.05, 3.63) is 47.2 Å². The second-order valence-corrected chi connectivity index (χ2v) is 6.19. The largest absolute Gasteiger partial charge is 0.494 e. The molecule has 0 radical (unpaired) electrons. The zero-order chi connectivity index (χ0) is 17.6. The van der Waals surface area contributed by atoms with Gasteiger partial charge in [0.2, 0.25) is 0 Å². The maximum Gasteiger partial charge on any atom is 0.316 e. The van der Waals surface area contributed by atoms with Gasteiger partial charge in [-0.05, 0) is 31.2 Å². The second kappa shape index (κ2) is 8.16. The third-order valence-electron chi connectivity index (χ3n) is 4.01. The van der Waals surface area contributed by atoms with Crippen molar-refractivity contribution >= 4 is 17.5 Å². The van der Waals surface area contributed by atoms with Gasteiger partial charge < -0.3 is 14.4 Å². The fourth-order valence-electron chi connectivity index (χ4n) is 2.73. The van der Waals surface area contributed by atoms with Gasteiger partial charge in [0.05, 0.1) is 24.0 Å². The molecule has 6 nitrogen and oxygen atoms in total. The Morgan fingerprint density at radius 2 is 1.84 bits per heavy atom. The predicted molar refractivity (Wildman–Crippen MR) is 94.2 cm³/mol. The third-order valence-corrected chi connectivity index (χ3v) is 4.21. The minimum Gasteiger partial charge on any atom is -0.494 e. The number of nitrogens with zero attached hydrogens (tertiary/aromatic N) is 3. The Kier molecular flexibility index (Phi) is 5.71. The second-order valence-electron chi connectivity index (χ2n) is 5.75. The van der Waals surface area contributed by atoms with E-state index in [2.05, 4.69) is 9.97 Å². The Morgan fingerprint density at radius 1 is 1.20 bits per heavy atom. The molecule has 25 heavy (non-hydrogen) atoms. The summed E-state index contributed by atoms with van der Waals surface area (Å²) in [5.74, 6) is 0.804. The highest BCUT2D eigenvalue weighted by molar-refractivity contribution is 6.30. The fourth-order valence-corrected chi connectivity index (χ4v) is 2.83. The van der Waals surface area contributed by atoms with Crippen molar-refractivity contribution in [2.75, 3.05) is 19.7 Å². The molecular weight excluding hydrogens is 342 g/mol. The molecule has 1 aliphatic rings. The minimum absolute atomic E-state index is 0.00514. The maximum atomic E-state index is 12.6. The molecule has 0 bridgehead atoms. The molecule has 0 saturated carbocycles. The van der Waals surface area contributed by atoms with Crippen LogP contribution in [0, 0.1) is 0 Å². The smallest absolute Gasteiger partial charge is 0.316 e. The van der Waals surface area contributed by atoms with Gasteiger partial charge in [-0.1, -0.05) is 11.6 Å². The summed E-state index contributed by atoms with van der Waals surface area (Å²) in [5.41, 5.74) is 0.670. The molecule has 3 rings (SSSR count). The molecule has 2 heterocycles. The first kappa shape index (κ1) is 17.5. The van der Waals surface area contributed by atoms with Crippen LogP contribution in [0.15, 0.2) is 36.7 Å². The van der Waals surface area contributed by atoms with Crippen molar-refractivity contribution < 1.29 is 14.3 Å². The summed E-state index contributed by atoms with van der Waals surface area (Å²) < 4.78 is 11.2. The van der Waals surface area contributed by atoms with Crippen LogP contribution in [0.5, 0.6) is 11.8 Å². The third kappa shape index (κ3) is 4.60. The monoisotopic (exact) mass is 361 g/mol. The number of benzene rings is 1. The highest BCUT2D eigenvalue weighted by atomic mass is 35.5. The highest BCUT2D eigenvalue weighted by Gasteiger charge is 2.25. The number of carbonyl (C=O) groups is 1. The number of halogens is 1. The molecule has 1 aromatic heterocycles. The van der Waals surface area contributed by atoms with Gasteiger partial charge in [-0.25, -0.2) is 9.97 Å². The zero-order valence-electron chi connectivity index (χ0n) is 14.0. The molecular formula is C18H20ClN3O3. The van der Waals surface area contributed by atoms with E-state index in [-0.39, 0.29) is 12.0 Å². The Balaban J connectivity index is 1.52. The van der Waals surface area contributed by atoms with Crippen LogP contribution >= 0.6 is 11.6 Å². The molecule has 0 unspecified atom stereocenters. The van der Waals surface area contributed by atoms with Gasteiger partial charge in [0, 0.05) is 31.5 Å². The number of carbonyl (C=O) groups excluding carboxylic acids is 1. The van der Waals surface area contributed by atoms with Crippen molar-refractivity contribution in [2.45, 2.75) is 25.9 Å². The lowest BCUT2D eigenvalue weighted by Crippen LogP contribution is -2.41. The number of amides is 1. The Labute approximate surface area is 151 Å². The van der Waals surface area contributed by atoms with E-state index >= 15 is 0 Å². The minimum atomic E-state index is 0.00514. The Morgan fingerprint density at radius 3 is 2.44 bits per heavy atom. The Hall–Kier alpha value is -2.34. The van der Waals surface area contributed by atoms with Gasteiger partial charge in [-0.15, -0.1) is 0 Å². The van der Waals surface area contributed by atoms with Gasteiger partial charge in [0.1, 0.15) is 11.9 Å². The van der Waals surface area contributed by atoms with Crippen LogP contribution in [0.3, 0.4) is 0 Å². The summed E-state index contributed by atoms with van der Waals surface area (Å²) in [6.07, 6.45) is 4.51. The van der Waals surface area contributed by atoms with Crippen molar-refractivity contribution in [2.24, 2.45) is 0 Å². The molecule has 1 fully saturated rings. The van der Waals surface area contributed by atoms with Crippen molar-refractivity contribution in [3.8, 4) is 11.8 Å². The molecule has 1 saturated heterocycles. The van der Waals surface area contributed by atoms with Crippen LogP contribution in [-0.2, 0) is 0 Å². The lowest BCUT2D eigenvalue weighted by molar-refractivity contribution is 0.0578. The van der Waals surface area contributed by atoms with Crippen molar-refractivity contribution in [1.29, 1.82) is 0 Å². The molecule has 1 aliphatic heterocycles. The van der Waals surface area contributed by atoms with Crippen LogP contribution in [0.1, 0.15) is 30.1 Å². The van der Waals surface area contributed by atoms with Crippen LogP contribution in [-0.4, -0.2) is 46.6 Å². The van der Waals surface area contributed by atoms with Crippen molar-refractivity contribution in [3.63, 3.8) is 0 Å². The van der Waals surface area contributed by atoms with Gasteiger partial charge in [0.15, 0.2) is 0 Å². The molecule has 1 amide bonds. The first-order valence-corrected chi connectivity index (χ1v) is 8.70. The van der Waals surface area contributed by atoms with Crippen LogP contribution in [0.25, 0.3) is 0 Å². The summed E-state index contributed by atoms with van der Waals surface area (Å²) in [6.45, 7) is 3.83. The summed E-state index contributed by atoms with van der Waals surface area (Å²) in [5, 5.41) is 0.475. The van der Waals surface area contributed by atoms with E-state index in [1.165, 1.54) is 12.4 Å². The van der Waals surface area contributed by atoms with E-state index in [4.69, 9.17) is 21.1 Å². The number of piperidine rings is 1. The van der Waals surface area contributed by atoms with E-state index < -0.39 is 0 Å². The molecule has 7 heteroatoms. The Bertz CT molecular complexity index is 699. The van der Waals surface area contributed by atoms with E-state index in [0.29, 0.717) is 36.3 Å². The standard InChI is InChI=1S/C18H20ClN3O3/c1-2-24-15-5-3-13(4-6-15)17(23)22-9-7-16(8-10-22)25-18-20-11-14(19)12-21-18/h3-6,11-12,16H,2,7-10H2,1H3. The quantitative estimate of drug-likeness (QED) is 0.818. The first-order valence-electron chi connectivity index (χ1n) is 8.32. The molecule has 0 N–H and O–H groups in total. The molecule has 132 valence electrons. The average molecular weight is 362 g/mol. The maximum absolute atomic E-state index is 12.6. The SMILES string of the molecule is CCOc1ccc(C(=O)N2CCC(Oc3ncc(Cl)cn3)CC2)cc1. The molecule has 0 atom stereocenters. The van der Waals surface area contributed by atoms with Crippen LogP contribution < -0.4 is 9.47 Å². The number of rotatable bonds is 5. The first-order chi connectivity index (χ1) is 12.2. The lowest BCUT2D eigenvalue weighted by atomic mass is 10.1. The molecule has 0 aliphatic carbocycles. The zero-order valence-corrected chi connectivity index (χ0v) is 14.8. The van der Waals surface area contributed by atoms with Gasteiger partial charge in [0.25, 0.3) is 5.91 Å². The molecule has 1 aromatic carbocycles. The van der Waals surface area contributed by atoms with E-state index in [0.717, 1.165) is 18.6 Å². The number of likely N-dealkylation sites (tertiary alicyclic amines) is 1. The lowest BCUT2D eigenvalue weighted by Gasteiger charge is -2.31. The summed E-state index contributed by atoms with van der Waals surface area (Å²) >= 11 is 5.76. The predicted octanol–water partition coefficient (Wildman–Crippen LogP) is 3.21.